The van der Waals surface area contributed by atoms with Crippen LogP contribution in [0.1, 0.15) is 45.5 Å². The van der Waals surface area contributed by atoms with Gasteiger partial charge in [-0.2, -0.15) is 0 Å². The van der Waals surface area contributed by atoms with Crippen molar-refractivity contribution in [1.29, 1.82) is 0 Å². The van der Waals surface area contributed by atoms with E-state index in [4.69, 9.17) is 4.98 Å². The van der Waals surface area contributed by atoms with Gasteiger partial charge in [-0.25, -0.2) is 4.98 Å². The van der Waals surface area contributed by atoms with Crippen LogP contribution in [0.4, 0.5) is 0 Å². The monoisotopic (exact) mass is 342 g/mol. The molecule has 5 heteroatoms. The summed E-state index contributed by atoms with van der Waals surface area (Å²) in [5.41, 5.74) is 2.25. The maximum Gasteiger partial charge on any atom is 0.226 e. The summed E-state index contributed by atoms with van der Waals surface area (Å²) in [6.07, 6.45) is 2.08. The van der Waals surface area contributed by atoms with Gasteiger partial charge < -0.3 is 9.47 Å². The summed E-state index contributed by atoms with van der Waals surface area (Å²) in [4.78, 5) is 21.6. The number of likely N-dealkylation sites (tertiary alicyclic amines) is 1. The molecule has 0 saturated carbocycles. The molecule has 2 aromatic rings. The quantitative estimate of drug-likeness (QED) is 0.837. The molecule has 1 fully saturated rings. The van der Waals surface area contributed by atoms with Crippen LogP contribution in [0.25, 0.3) is 11.0 Å². The maximum absolute atomic E-state index is 12.5. The molecule has 0 aliphatic carbocycles. The Kier molecular flexibility index (Phi) is 5.42. The predicted octanol–water partition coefficient (Wildman–Crippen LogP) is 3.31. The number of imidazole rings is 1. The van der Waals surface area contributed by atoms with Crippen LogP contribution >= 0.6 is 0 Å². The fraction of sp³-hybridized carbons (Fsp3) is 0.600. The third-order valence-corrected chi connectivity index (χ3v) is 5.26. The van der Waals surface area contributed by atoms with Crippen LogP contribution in [-0.4, -0.2) is 51.9 Å². The molecule has 1 aliphatic rings. The van der Waals surface area contributed by atoms with Gasteiger partial charge in [0.15, 0.2) is 0 Å². The largest absolute Gasteiger partial charge is 0.346 e. The summed E-state index contributed by atoms with van der Waals surface area (Å²) < 4.78 is 2.33. The lowest BCUT2D eigenvalue weighted by molar-refractivity contribution is -0.135. The first-order valence-electron chi connectivity index (χ1n) is 9.44. The van der Waals surface area contributed by atoms with Gasteiger partial charge in [0, 0.05) is 26.2 Å². The molecule has 1 atom stereocenters. The Hall–Kier alpha value is -1.88. The van der Waals surface area contributed by atoms with Crippen molar-refractivity contribution in [2.75, 3.05) is 26.7 Å². The van der Waals surface area contributed by atoms with Crippen molar-refractivity contribution in [3.05, 3.63) is 30.1 Å². The van der Waals surface area contributed by atoms with Crippen molar-refractivity contribution in [1.82, 2.24) is 19.4 Å². The van der Waals surface area contributed by atoms with E-state index in [0.29, 0.717) is 6.04 Å². The van der Waals surface area contributed by atoms with E-state index in [-0.39, 0.29) is 11.8 Å². The first kappa shape index (κ1) is 17.9. The summed E-state index contributed by atoms with van der Waals surface area (Å²) in [5.74, 6) is 1.51. The standard InChI is InChI=1S/C20H30N4O/c1-5-22(4)20(25)16-9-8-12-23(13-16)14-19-21-17-10-6-7-11-18(17)24(19)15(2)3/h6-7,10-11,15-16H,5,8-9,12-14H2,1-4H3/t16-/m1/s1. The van der Waals surface area contributed by atoms with Crippen LogP contribution in [0.15, 0.2) is 24.3 Å². The number of fused-ring (bicyclic) bond motifs is 1. The molecule has 1 amide bonds. The zero-order chi connectivity index (χ0) is 18.0. The van der Waals surface area contributed by atoms with E-state index in [1.807, 2.05) is 24.9 Å². The molecule has 0 spiro atoms. The van der Waals surface area contributed by atoms with E-state index < -0.39 is 0 Å². The number of amides is 1. The molecule has 0 bridgehead atoms. The Morgan fingerprint density at radius 3 is 2.84 bits per heavy atom. The molecule has 0 unspecified atom stereocenters. The average Bonchev–Trinajstić information content (AvgIpc) is 2.98. The number of nitrogens with zero attached hydrogens (tertiary/aromatic N) is 4. The van der Waals surface area contributed by atoms with Gasteiger partial charge in [0.25, 0.3) is 0 Å². The number of hydrogen-bond donors (Lipinski definition) is 0. The van der Waals surface area contributed by atoms with Crippen LogP contribution in [0.3, 0.4) is 0 Å². The Bertz CT molecular complexity index is 736. The minimum atomic E-state index is 0.121. The van der Waals surface area contributed by atoms with Gasteiger partial charge in [0.05, 0.1) is 23.5 Å². The van der Waals surface area contributed by atoms with Gasteiger partial charge >= 0.3 is 0 Å². The summed E-state index contributed by atoms with van der Waals surface area (Å²) in [5, 5.41) is 0. The Morgan fingerprint density at radius 2 is 2.12 bits per heavy atom. The summed E-state index contributed by atoms with van der Waals surface area (Å²) in [7, 11) is 1.90. The first-order chi connectivity index (χ1) is 12.0. The molecule has 0 N–H and O–H groups in total. The van der Waals surface area contributed by atoms with E-state index in [2.05, 4.69) is 41.5 Å². The van der Waals surface area contributed by atoms with Crippen molar-refractivity contribution in [3.63, 3.8) is 0 Å². The third-order valence-electron chi connectivity index (χ3n) is 5.26. The van der Waals surface area contributed by atoms with E-state index in [1.54, 1.807) is 0 Å². The molecule has 0 radical (unpaired) electrons. The molecule has 1 saturated heterocycles. The van der Waals surface area contributed by atoms with E-state index in [1.165, 1.54) is 5.52 Å². The van der Waals surface area contributed by atoms with Crippen molar-refractivity contribution < 1.29 is 4.79 Å². The van der Waals surface area contributed by atoms with Crippen molar-refractivity contribution in [3.8, 4) is 0 Å². The van der Waals surface area contributed by atoms with Gasteiger partial charge in [0.1, 0.15) is 5.82 Å². The highest BCUT2D eigenvalue weighted by Gasteiger charge is 2.28. The van der Waals surface area contributed by atoms with Gasteiger partial charge in [-0.1, -0.05) is 12.1 Å². The van der Waals surface area contributed by atoms with Crippen LogP contribution < -0.4 is 0 Å². The van der Waals surface area contributed by atoms with Gasteiger partial charge in [-0.3, -0.25) is 9.69 Å². The maximum atomic E-state index is 12.5. The van der Waals surface area contributed by atoms with Crippen molar-refractivity contribution >= 4 is 16.9 Å². The Morgan fingerprint density at radius 1 is 1.36 bits per heavy atom. The fourth-order valence-electron chi connectivity index (χ4n) is 3.85. The normalized spacial score (nSPS) is 18.8. The first-order valence-corrected chi connectivity index (χ1v) is 9.44. The molecular weight excluding hydrogens is 312 g/mol. The minimum absolute atomic E-state index is 0.121. The number of aromatic nitrogens is 2. The highest BCUT2D eigenvalue weighted by Crippen LogP contribution is 2.24. The van der Waals surface area contributed by atoms with Gasteiger partial charge in [0.2, 0.25) is 5.91 Å². The zero-order valence-corrected chi connectivity index (χ0v) is 15.9. The molecule has 136 valence electrons. The summed E-state index contributed by atoms with van der Waals surface area (Å²) in [6.45, 7) is 9.91. The Labute approximate surface area is 150 Å². The Balaban J connectivity index is 1.79. The molecule has 3 rings (SSSR count). The molecule has 1 aliphatic heterocycles. The van der Waals surface area contributed by atoms with Crippen LogP contribution in [-0.2, 0) is 11.3 Å². The lowest BCUT2D eigenvalue weighted by Crippen LogP contribution is -2.43. The number of rotatable bonds is 5. The minimum Gasteiger partial charge on any atom is -0.346 e. The molecule has 5 nitrogen and oxygen atoms in total. The number of carbonyl (C=O) groups is 1. The lowest BCUT2D eigenvalue weighted by atomic mass is 9.96. The molecule has 1 aromatic carbocycles. The van der Waals surface area contributed by atoms with Crippen molar-refractivity contribution in [2.24, 2.45) is 5.92 Å². The third kappa shape index (κ3) is 3.71. The van der Waals surface area contributed by atoms with Crippen LogP contribution in [0, 0.1) is 5.92 Å². The lowest BCUT2D eigenvalue weighted by Gasteiger charge is -2.33. The molecule has 2 heterocycles. The smallest absolute Gasteiger partial charge is 0.226 e. The molecule has 1 aromatic heterocycles. The number of piperidine rings is 1. The zero-order valence-electron chi connectivity index (χ0n) is 15.9. The van der Waals surface area contributed by atoms with Crippen LogP contribution in [0.5, 0.6) is 0 Å². The highest BCUT2D eigenvalue weighted by molar-refractivity contribution is 5.79. The fourth-order valence-corrected chi connectivity index (χ4v) is 3.85. The van der Waals surface area contributed by atoms with Crippen molar-refractivity contribution in [2.45, 2.75) is 46.2 Å². The second-order valence-corrected chi connectivity index (χ2v) is 7.41. The number of benzene rings is 1. The van der Waals surface area contributed by atoms with E-state index in [9.17, 15) is 4.79 Å². The number of hydrogen-bond acceptors (Lipinski definition) is 3. The summed E-state index contributed by atoms with van der Waals surface area (Å²) in [6, 6.07) is 8.71. The van der Waals surface area contributed by atoms with Gasteiger partial charge in [-0.05, 0) is 52.3 Å². The number of carbonyl (C=O) groups excluding carboxylic acids is 1. The predicted molar refractivity (Wildman–Crippen MR) is 101 cm³/mol. The molecular formula is C20H30N4O. The SMILES string of the molecule is CCN(C)C(=O)[C@@H]1CCCN(Cc2nc3ccccc3n2C(C)C)C1. The molecule has 25 heavy (non-hydrogen) atoms. The highest BCUT2D eigenvalue weighted by atomic mass is 16.2. The number of para-hydroxylation sites is 2. The van der Waals surface area contributed by atoms with Gasteiger partial charge in [-0.15, -0.1) is 0 Å². The average molecular weight is 342 g/mol. The van der Waals surface area contributed by atoms with E-state index >= 15 is 0 Å². The summed E-state index contributed by atoms with van der Waals surface area (Å²) >= 11 is 0. The van der Waals surface area contributed by atoms with E-state index in [0.717, 1.165) is 50.4 Å². The van der Waals surface area contributed by atoms with Crippen LogP contribution in [0.2, 0.25) is 0 Å². The second-order valence-electron chi connectivity index (χ2n) is 7.41. The second kappa shape index (κ2) is 7.56. The topological polar surface area (TPSA) is 41.4 Å².